The van der Waals surface area contributed by atoms with Crippen LogP contribution >= 0.6 is 27.5 Å². The Labute approximate surface area is 124 Å². The summed E-state index contributed by atoms with van der Waals surface area (Å²) in [6.45, 7) is 2.72. The van der Waals surface area contributed by atoms with Gasteiger partial charge >= 0.3 is 0 Å². The lowest BCUT2D eigenvalue weighted by molar-refractivity contribution is 0.757. The van der Waals surface area contributed by atoms with Crippen molar-refractivity contribution >= 4 is 38.4 Å². The van der Waals surface area contributed by atoms with Gasteiger partial charge in [-0.3, -0.25) is 4.68 Å². The van der Waals surface area contributed by atoms with E-state index >= 15 is 0 Å². The Bertz CT molecular complexity index is 757. The highest BCUT2D eigenvalue weighted by Gasteiger charge is 2.13. The molecular formula is C14H13BrClN3. The second-order valence-corrected chi connectivity index (χ2v) is 5.81. The van der Waals surface area contributed by atoms with E-state index in [1.165, 1.54) is 10.9 Å². The van der Waals surface area contributed by atoms with E-state index < -0.39 is 0 Å². The Morgan fingerprint density at radius 3 is 2.79 bits per heavy atom. The van der Waals surface area contributed by atoms with Crippen molar-refractivity contribution in [2.24, 2.45) is 7.05 Å². The van der Waals surface area contributed by atoms with Crippen molar-refractivity contribution in [3.63, 3.8) is 0 Å². The molecule has 5 heteroatoms. The minimum absolute atomic E-state index is 0.703. The van der Waals surface area contributed by atoms with Gasteiger partial charge in [0.2, 0.25) is 0 Å². The van der Waals surface area contributed by atoms with Crippen LogP contribution in [0.5, 0.6) is 0 Å². The van der Waals surface area contributed by atoms with E-state index in [-0.39, 0.29) is 0 Å². The Morgan fingerprint density at radius 1 is 1.32 bits per heavy atom. The van der Waals surface area contributed by atoms with Crippen molar-refractivity contribution < 1.29 is 0 Å². The number of aromatic nitrogens is 3. The summed E-state index contributed by atoms with van der Waals surface area (Å²) in [7, 11) is 1.86. The predicted octanol–water partition coefficient (Wildman–Crippen LogP) is 4.15. The lowest BCUT2D eigenvalue weighted by Gasteiger charge is -2.06. The summed E-state index contributed by atoms with van der Waals surface area (Å²) < 4.78 is 5.02. The zero-order valence-corrected chi connectivity index (χ0v) is 13.0. The lowest BCUT2D eigenvalue weighted by atomic mass is 10.2. The van der Waals surface area contributed by atoms with Crippen LogP contribution in [0, 0.1) is 6.92 Å². The highest BCUT2D eigenvalue weighted by Crippen LogP contribution is 2.27. The average molecular weight is 339 g/mol. The molecule has 0 spiro atoms. The van der Waals surface area contributed by atoms with E-state index in [0.717, 1.165) is 22.3 Å². The van der Waals surface area contributed by atoms with Crippen molar-refractivity contribution in [1.29, 1.82) is 0 Å². The third kappa shape index (κ3) is 2.09. The van der Waals surface area contributed by atoms with E-state index in [4.69, 9.17) is 11.6 Å². The fourth-order valence-corrected chi connectivity index (χ4v) is 3.07. The third-order valence-electron chi connectivity index (χ3n) is 3.36. The smallest absolute Gasteiger partial charge is 0.131 e. The average Bonchev–Trinajstić information content (AvgIpc) is 2.88. The summed E-state index contributed by atoms with van der Waals surface area (Å²) in [6, 6.07) is 8.31. The zero-order valence-electron chi connectivity index (χ0n) is 10.7. The molecule has 2 aromatic heterocycles. The maximum absolute atomic E-state index is 6.29. The molecule has 0 amide bonds. The monoisotopic (exact) mass is 337 g/mol. The molecule has 0 aliphatic heterocycles. The fraction of sp³-hybridized carbons (Fsp3) is 0.214. The van der Waals surface area contributed by atoms with Gasteiger partial charge in [0.1, 0.15) is 5.15 Å². The molecule has 0 bridgehead atoms. The van der Waals surface area contributed by atoms with Crippen molar-refractivity contribution in [3.8, 4) is 0 Å². The Kier molecular flexibility index (Phi) is 3.15. The first kappa shape index (κ1) is 12.8. The van der Waals surface area contributed by atoms with E-state index in [9.17, 15) is 0 Å². The lowest BCUT2D eigenvalue weighted by Crippen LogP contribution is -1.99. The minimum Gasteiger partial charge on any atom is -0.343 e. The highest BCUT2D eigenvalue weighted by molar-refractivity contribution is 9.10. The first-order valence-electron chi connectivity index (χ1n) is 5.99. The van der Waals surface area contributed by atoms with E-state index in [1.54, 1.807) is 4.68 Å². The van der Waals surface area contributed by atoms with Crippen LogP contribution in [0.25, 0.3) is 10.9 Å². The van der Waals surface area contributed by atoms with Crippen LogP contribution in [-0.2, 0) is 13.6 Å². The largest absolute Gasteiger partial charge is 0.343 e. The number of benzene rings is 1. The highest BCUT2D eigenvalue weighted by atomic mass is 79.9. The number of nitrogens with zero attached hydrogens (tertiary/aromatic N) is 3. The number of fused-ring (bicyclic) bond motifs is 1. The standard InChI is InChI=1S/C14H13BrClN3/c1-9-11(14(16)18(2)17-9)8-19-7-6-10-12(15)4-3-5-13(10)19/h3-7H,8H2,1-2H3. The summed E-state index contributed by atoms with van der Waals surface area (Å²) >= 11 is 9.86. The molecule has 3 aromatic rings. The van der Waals surface area contributed by atoms with Crippen LogP contribution in [0.4, 0.5) is 0 Å². The summed E-state index contributed by atoms with van der Waals surface area (Å²) in [5.41, 5.74) is 3.24. The summed E-state index contributed by atoms with van der Waals surface area (Å²) in [5.74, 6) is 0. The maximum atomic E-state index is 6.29. The molecule has 3 rings (SSSR count). The molecule has 0 radical (unpaired) electrons. The SMILES string of the molecule is Cc1nn(C)c(Cl)c1Cn1ccc2c(Br)cccc21. The van der Waals surface area contributed by atoms with Crippen LogP contribution < -0.4 is 0 Å². The number of aryl methyl sites for hydroxylation is 2. The van der Waals surface area contributed by atoms with Gasteiger partial charge in [-0.2, -0.15) is 5.10 Å². The quantitative estimate of drug-likeness (QED) is 0.688. The normalized spacial score (nSPS) is 11.4. The van der Waals surface area contributed by atoms with Gasteiger partial charge in [-0.25, -0.2) is 0 Å². The van der Waals surface area contributed by atoms with E-state index in [1.807, 2.05) is 20.0 Å². The molecule has 0 N–H and O–H groups in total. The second-order valence-electron chi connectivity index (χ2n) is 4.59. The van der Waals surface area contributed by atoms with Crippen LogP contribution in [0.1, 0.15) is 11.3 Å². The zero-order chi connectivity index (χ0) is 13.6. The number of hydrogen-bond acceptors (Lipinski definition) is 1. The maximum Gasteiger partial charge on any atom is 0.131 e. The van der Waals surface area contributed by atoms with Gasteiger partial charge in [-0.05, 0) is 25.1 Å². The van der Waals surface area contributed by atoms with Gasteiger partial charge in [-0.15, -0.1) is 0 Å². The van der Waals surface area contributed by atoms with Gasteiger partial charge in [0.25, 0.3) is 0 Å². The molecular weight excluding hydrogens is 326 g/mol. The molecule has 0 saturated heterocycles. The minimum atomic E-state index is 0.703. The molecule has 0 aliphatic carbocycles. The molecule has 0 aliphatic rings. The summed E-state index contributed by atoms with van der Waals surface area (Å²) in [4.78, 5) is 0. The van der Waals surface area contributed by atoms with Crippen LogP contribution in [0.2, 0.25) is 5.15 Å². The van der Waals surface area contributed by atoms with E-state index in [2.05, 4.69) is 50.0 Å². The number of rotatable bonds is 2. The summed E-state index contributed by atoms with van der Waals surface area (Å²) in [6.07, 6.45) is 2.08. The van der Waals surface area contributed by atoms with Gasteiger partial charge in [-0.1, -0.05) is 33.6 Å². The van der Waals surface area contributed by atoms with Crippen molar-refractivity contribution in [2.75, 3.05) is 0 Å². The van der Waals surface area contributed by atoms with Crippen molar-refractivity contribution in [3.05, 3.63) is 51.3 Å². The number of hydrogen-bond donors (Lipinski definition) is 0. The third-order valence-corrected chi connectivity index (χ3v) is 4.52. The molecule has 19 heavy (non-hydrogen) atoms. The van der Waals surface area contributed by atoms with Crippen LogP contribution in [0.15, 0.2) is 34.9 Å². The first-order chi connectivity index (χ1) is 9.08. The topological polar surface area (TPSA) is 22.8 Å². The molecule has 0 fully saturated rings. The van der Waals surface area contributed by atoms with Gasteiger partial charge in [0.15, 0.2) is 0 Å². The fourth-order valence-electron chi connectivity index (χ4n) is 2.35. The van der Waals surface area contributed by atoms with Crippen LogP contribution in [0.3, 0.4) is 0 Å². The van der Waals surface area contributed by atoms with Crippen molar-refractivity contribution in [1.82, 2.24) is 14.3 Å². The second kappa shape index (κ2) is 4.69. The van der Waals surface area contributed by atoms with Crippen LogP contribution in [-0.4, -0.2) is 14.3 Å². The van der Waals surface area contributed by atoms with Gasteiger partial charge in [0.05, 0.1) is 12.2 Å². The number of halogens is 2. The summed E-state index contributed by atoms with van der Waals surface area (Å²) in [5, 5.41) is 6.26. The predicted molar refractivity (Wildman–Crippen MR) is 81.7 cm³/mol. The van der Waals surface area contributed by atoms with Gasteiger partial charge in [0, 0.05) is 34.2 Å². The molecule has 0 saturated carbocycles. The van der Waals surface area contributed by atoms with Crippen molar-refractivity contribution in [2.45, 2.75) is 13.5 Å². The molecule has 98 valence electrons. The Morgan fingerprint density at radius 2 is 2.11 bits per heavy atom. The molecule has 3 nitrogen and oxygen atoms in total. The molecule has 0 atom stereocenters. The Hall–Kier alpha value is -1.26. The Balaban J connectivity index is 2.09. The molecule has 1 aromatic carbocycles. The molecule has 2 heterocycles. The van der Waals surface area contributed by atoms with E-state index in [0.29, 0.717) is 5.15 Å². The first-order valence-corrected chi connectivity index (χ1v) is 7.16. The molecule has 0 unspecified atom stereocenters. The van der Waals surface area contributed by atoms with Gasteiger partial charge < -0.3 is 4.57 Å².